The van der Waals surface area contributed by atoms with Gasteiger partial charge in [-0.1, -0.05) is 18.2 Å². The van der Waals surface area contributed by atoms with Gasteiger partial charge in [-0.3, -0.25) is 0 Å². The van der Waals surface area contributed by atoms with Gasteiger partial charge in [0.05, 0.1) is 11.7 Å². The molecule has 0 bridgehead atoms. The molecule has 0 fully saturated rings. The van der Waals surface area contributed by atoms with Gasteiger partial charge in [0, 0.05) is 0 Å². The minimum Gasteiger partial charge on any atom is -0.390 e. The van der Waals surface area contributed by atoms with Gasteiger partial charge in [0.25, 0.3) is 0 Å². The lowest BCUT2D eigenvalue weighted by molar-refractivity contribution is -0.139. The Balaban J connectivity index is 3.05. The predicted octanol–water partition coefficient (Wildman–Crippen LogP) is 2.42. The number of hydrogen-bond donors (Lipinski definition) is 3. The van der Waals surface area contributed by atoms with Crippen molar-refractivity contribution in [1.29, 1.82) is 0 Å². The summed E-state index contributed by atoms with van der Waals surface area (Å²) in [6.45, 7) is 0. The van der Waals surface area contributed by atoms with Crippen LogP contribution in [0.25, 0.3) is 0 Å². The topological polar surface area (TPSA) is 40.5 Å². The van der Waals surface area contributed by atoms with Crippen LogP contribution in [0.2, 0.25) is 0 Å². The maximum Gasteiger partial charge on any atom is 0.416 e. The van der Waals surface area contributed by atoms with Crippen molar-refractivity contribution in [1.82, 2.24) is 0 Å². The van der Waals surface area contributed by atoms with Gasteiger partial charge >= 0.3 is 6.18 Å². The molecule has 2 unspecified atom stereocenters. The number of hydrogen-bond acceptors (Lipinski definition) is 3. The highest BCUT2D eigenvalue weighted by molar-refractivity contribution is 7.80. The SMILES string of the molecule is OC(CCS)C(O)c1ccccc1C(F)(F)F. The summed E-state index contributed by atoms with van der Waals surface area (Å²) in [6.07, 6.45) is -7.23. The molecular formula is C11H13F3O2S. The van der Waals surface area contributed by atoms with Crippen LogP contribution in [-0.4, -0.2) is 22.1 Å². The molecule has 1 aromatic carbocycles. The first-order valence-electron chi connectivity index (χ1n) is 5.01. The highest BCUT2D eigenvalue weighted by Gasteiger charge is 2.35. The molecule has 17 heavy (non-hydrogen) atoms. The van der Waals surface area contributed by atoms with Crippen molar-refractivity contribution < 1.29 is 23.4 Å². The van der Waals surface area contributed by atoms with Gasteiger partial charge < -0.3 is 10.2 Å². The second-order valence-electron chi connectivity index (χ2n) is 3.61. The van der Waals surface area contributed by atoms with E-state index in [2.05, 4.69) is 12.6 Å². The van der Waals surface area contributed by atoms with E-state index in [0.29, 0.717) is 0 Å². The second-order valence-corrected chi connectivity index (χ2v) is 4.06. The molecule has 1 aromatic rings. The van der Waals surface area contributed by atoms with Crippen LogP contribution in [0.15, 0.2) is 24.3 Å². The number of halogens is 3. The summed E-state index contributed by atoms with van der Waals surface area (Å²) in [6, 6.07) is 4.67. The van der Waals surface area contributed by atoms with Gasteiger partial charge in [0.1, 0.15) is 6.10 Å². The number of rotatable bonds is 4. The predicted molar refractivity (Wildman–Crippen MR) is 60.9 cm³/mol. The molecule has 0 radical (unpaired) electrons. The maximum atomic E-state index is 12.7. The van der Waals surface area contributed by atoms with Gasteiger partial charge in [-0.15, -0.1) is 0 Å². The fourth-order valence-corrected chi connectivity index (χ4v) is 1.78. The van der Waals surface area contributed by atoms with Crippen molar-refractivity contribution in [3.8, 4) is 0 Å². The molecule has 0 spiro atoms. The second kappa shape index (κ2) is 5.75. The largest absolute Gasteiger partial charge is 0.416 e. The molecule has 0 aliphatic rings. The summed E-state index contributed by atoms with van der Waals surface area (Å²) in [7, 11) is 0. The van der Waals surface area contributed by atoms with Gasteiger partial charge in [-0.2, -0.15) is 25.8 Å². The fourth-order valence-electron chi connectivity index (χ4n) is 1.51. The van der Waals surface area contributed by atoms with Gasteiger partial charge in [-0.05, 0) is 23.8 Å². The molecule has 0 saturated carbocycles. The Morgan fingerprint density at radius 3 is 2.29 bits per heavy atom. The molecular weight excluding hydrogens is 253 g/mol. The summed E-state index contributed by atoms with van der Waals surface area (Å²) in [5, 5.41) is 19.2. The van der Waals surface area contributed by atoms with Crippen molar-refractivity contribution in [2.24, 2.45) is 0 Å². The summed E-state index contributed by atoms with van der Waals surface area (Å²) in [5.41, 5.74) is -1.24. The van der Waals surface area contributed by atoms with Crippen LogP contribution in [0.3, 0.4) is 0 Å². The van der Waals surface area contributed by atoms with E-state index >= 15 is 0 Å². The Morgan fingerprint density at radius 2 is 1.76 bits per heavy atom. The number of aliphatic hydroxyl groups excluding tert-OH is 2. The van der Waals surface area contributed by atoms with Gasteiger partial charge in [0.2, 0.25) is 0 Å². The van der Waals surface area contributed by atoms with Crippen molar-refractivity contribution in [2.75, 3.05) is 5.75 Å². The lowest BCUT2D eigenvalue weighted by Crippen LogP contribution is -2.22. The van der Waals surface area contributed by atoms with Gasteiger partial charge in [-0.25, -0.2) is 0 Å². The van der Waals surface area contributed by atoms with Crippen molar-refractivity contribution in [2.45, 2.75) is 24.8 Å². The van der Waals surface area contributed by atoms with Crippen LogP contribution in [0.1, 0.15) is 23.7 Å². The summed E-state index contributed by atoms with van der Waals surface area (Å²) >= 11 is 3.86. The molecule has 0 aliphatic carbocycles. The number of thiol groups is 1. The van der Waals surface area contributed by atoms with Crippen LogP contribution in [-0.2, 0) is 6.18 Å². The minimum absolute atomic E-state index is 0.121. The third-order valence-electron chi connectivity index (χ3n) is 2.37. The molecule has 0 amide bonds. The molecule has 96 valence electrons. The van der Waals surface area contributed by atoms with E-state index < -0.39 is 23.9 Å². The van der Waals surface area contributed by atoms with Gasteiger partial charge in [0.15, 0.2) is 0 Å². The number of aliphatic hydroxyl groups is 2. The third kappa shape index (κ3) is 3.62. The Bertz CT molecular complexity index is 368. The lowest BCUT2D eigenvalue weighted by atomic mass is 9.97. The zero-order chi connectivity index (χ0) is 13.1. The van der Waals surface area contributed by atoms with E-state index in [0.717, 1.165) is 12.1 Å². The average Bonchev–Trinajstić information content (AvgIpc) is 2.27. The van der Waals surface area contributed by atoms with E-state index in [1.807, 2.05) is 0 Å². The molecule has 2 N–H and O–H groups in total. The summed E-state index contributed by atoms with van der Waals surface area (Å²) < 4.78 is 38.0. The Labute approximate surface area is 102 Å². The molecule has 0 saturated heterocycles. The lowest BCUT2D eigenvalue weighted by Gasteiger charge is -2.21. The number of alkyl halides is 3. The molecule has 1 rings (SSSR count). The molecule has 2 nitrogen and oxygen atoms in total. The molecule has 6 heteroatoms. The number of benzene rings is 1. The molecule has 2 atom stereocenters. The van der Waals surface area contributed by atoms with Crippen molar-refractivity contribution >= 4 is 12.6 Å². The van der Waals surface area contributed by atoms with Crippen LogP contribution >= 0.6 is 12.6 Å². The molecule has 0 heterocycles. The van der Waals surface area contributed by atoms with Crippen LogP contribution in [0, 0.1) is 0 Å². The first kappa shape index (κ1) is 14.3. The van der Waals surface area contributed by atoms with E-state index in [9.17, 15) is 23.4 Å². The monoisotopic (exact) mass is 266 g/mol. The highest BCUT2D eigenvalue weighted by Crippen LogP contribution is 2.35. The first-order valence-corrected chi connectivity index (χ1v) is 5.64. The van der Waals surface area contributed by atoms with Crippen molar-refractivity contribution in [3.05, 3.63) is 35.4 Å². The summed E-state index contributed by atoms with van der Waals surface area (Å²) in [4.78, 5) is 0. The van der Waals surface area contributed by atoms with E-state index in [4.69, 9.17) is 0 Å². The maximum absolute atomic E-state index is 12.7. The molecule has 0 aromatic heterocycles. The van der Waals surface area contributed by atoms with E-state index in [-0.39, 0.29) is 17.7 Å². The zero-order valence-corrected chi connectivity index (χ0v) is 9.75. The zero-order valence-electron chi connectivity index (χ0n) is 8.85. The Morgan fingerprint density at radius 1 is 1.18 bits per heavy atom. The quantitative estimate of drug-likeness (QED) is 0.732. The highest BCUT2D eigenvalue weighted by atomic mass is 32.1. The first-order chi connectivity index (χ1) is 7.88. The third-order valence-corrected chi connectivity index (χ3v) is 2.63. The molecule has 0 aliphatic heterocycles. The minimum atomic E-state index is -4.54. The Hall–Kier alpha value is -0.720. The summed E-state index contributed by atoms with van der Waals surface area (Å²) in [5.74, 6) is 0.284. The van der Waals surface area contributed by atoms with Crippen LogP contribution in [0.4, 0.5) is 13.2 Å². The average molecular weight is 266 g/mol. The van der Waals surface area contributed by atoms with Crippen molar-refractivity contribution in [3.63, 3.8) is 0 Å². The van der Waals surface area contributed by atoms with Crippen LogP contribution < -0.4 is 0 Å². The normalized spacial score (nSPS) is 15.6. The van der Waals surface area contributed by atoms with E-state index in [1.54, 1.807) is 0 Å². The van der Waals surface area contributed by atoms with E-state index in [1.165, 1.54) is 12.1 Å². The fraction of sp³-hybridized carbons (Fsp3) is 0.455. The Kier molecular flexibility index (Phi) is 4.85. The smallest absolute Gasteiger partial charge is 0.390 e. The standard InChI is InChI=1S/C11H13F3O2S/c12-11(13,14)8-4-2-1-3-7(8)10(16)9(15)5-6-17/h1-4,9-10,15-17H,5-6H2. The van der Waals surface area contributed by atoms with Crippen LogP contribution in [0.5, 0.6) is 0 Å².